The number of nitro groups is 1. The first kappa shape index (κ1) is 15.4. The van der Waals surface area contributed by atoms with Crippen molar-refractivity contribution >= 4 is 5.69 Å². The van der Waals surface area contributed by atoms with Crippen molar-refractivity contribution in [3.05, 3.63) is 33.9 Å². The highest BCUT2D eigenvalue weighted by atomic mass is 16.6. The molecule has 0 amide bonds. The number of hydrogen-bond acceptors (Lipinski definition) is 4. The molecule has 0 saturated heterocycles. The normalized spacial score (nSPS) is 12.2. The lowest BCUT2D eigenvalue weighted by atomic mass is 10.1. The summed E-state index contributed by atoms with van der Waals surface area (Å²) >= 11 is 0. The summed E-state index contributed by atoms with van der Waals surface area (Å²) in [6.45, 7) is 5.38. The quantitative estimate of drug-likeness (QED) is 0.580. The summed E-state index contributed by atoms with van der Waals surface area (Å²) in [6.07, 6.45) is 2.15. The number of nitro benzene ring substituents is 1. The van der Waals surface area contributed by atoms with Crippen LogP contribution in [0, 0.1) is 16.0 Å². The van der Waals surface area contributed by atoms with Crippen molar-refractivity contribution in [3.8, 4) is 5.75 Å². The molecule has 0 aliphatic heterocycles. The zero-order chi connectivity index (χ0) is 14.3. The summed E-state index contributed by atoms with van der Waals surface area (Å²) in [6, 6.07) is 5.00. The molecular weight excluding hydrogens is 244 g/mol. The maximum atomic E-state index is 11.0. The van der Waals surface area contributed by atoms with Crippen LogP contribution in [0.4, 0.5) is 5.69 Å². The molecule has 0 aliphatic rings. The SMILES string of the molecule is CCCC(C)COc1cc(CNC)ccc1[N+](=O)[O-]. The van der Waals surface area contributed by atoms with Gasteiger partial charge >= 0.3 is 5.69 Å². The Morgan fingerprint density at radius 2 is 2.21 bits per heavy atom. The predicted octanol–water partition coefficient (Wildman–Crippen LogP) is 3.13. The van der Waals surface area contributed by atoms with Crippen LogP contribution in [0.1, 0.15) is 32.3 Å². The fourth-order valence-corrected chi connectivity index (χ4v) is 1.95. The smallest absolute Gasteiger partial charge is 0.310 e. The monoisotopic (exact) mass is 266 g/mol. The van der Waals surface area contributed by atoms with Crippen LogP contribution in [0.15, 0.2) is 18.2 Å². The lowest BCUT2D eigenvalue weighted by molar-refractivity contribution is -0.385. The number of ether oxygens (including phenoxy) is 1. The van der Waals surface area contributed by atoms with Crippen LogP contribution in [-0.4, -0.2) is 18.6 Å². The van der Waals surface area contributed by atoms with Crippen LogP contribution >= 0.6 is 0 Å². The molecule has 5 nitrogen and oxygen atoms in total. The van der Waals surface area contributed by atoms with E-state index in [2.05, 4.69) is 19.2 Å². The Morgan fingerprint density at radius 1 is 1.47 bits per heavy atom. The Balaban J connectivity index is 2.82. The van der Waals surface area contributed by atoms with Crippen LogP contribution in [-0.2, 0) is 6.54 Å². The van der Waals surface area contributed by atoms with Gasteiger partial charge in [0.25, 0.3) is 0 Å². The number of hydrogen-bond donors (Lipinski definition) is 1. The molecule has 1 unspecified atom stereocenters. The Morgan fingerprint density at radius 3 is 2.79 bits per heavy atom. The molecule has 0 saturated carbocycles. The molecule has 1 rings (SSSR count). The standard InChI is InChI=1S/C14H22N2O3/c1-4-5-11(2)10-19-14-8-12(9-15-3)6-7-13(14)16(17)18/h6-8,11,15H,4-5,9-10H2,1-3H3. The van der Waals surface area contributed by atoms with Crippen molar-refractivity contribution in [2.75, 3.05) is 13.7 Å². The van der Waals surface area contributed by atoms with E-state index in [0.29, 0.717) is 24.8 Å². The second kappa shape index (κ2) is 7.74. The number of benzene rings is 1. The lowest BCUT2D eigenvalue weighted by Gasteiger charge is -2.13. The van der Waals surface area contributed by atoms with Gasteiger partial charge in [-0.15, -0.1) is 0 Å². The average molecular weight is 266 g/mol. The Labute approximate surface area is 114 Å². The molecule has 0 fully saturated rings. The van der Waals surface area contributed by atoms with Gasteiger partial charge in [-0.2, -0.15) is 0 Å². The highest BCUT2D eigenvalue weighted by Crippen LogP contribution is 2.28. The largest absolute Gasteiger partial charge is 0.487 e. The number of rotatable bonds is 8. The van der Waals surface area contributed by atoms with E-state index in [1.165, 1.54) is 6.07 Å². The minimum Gasteiger partial charge on any atom is -0.487 e. The molecule has 0 heterocycles. The highest BCUT2D eigenvalue weighted by molar-refractivity contribution is 5.48. The van der Waals surface area contributed by atoms with E-state index in [1.54, 1.807) is 12.1 Å². The van der Waals surface area contributed by atoms with E-state index in [4.69, 9.17) is 4.74 Å². The minimum atomic E-state index is -0.400. The van der Waals surface area contributed by atoms with Gasteiger partial charge in [0.05, 0.1) is 11.5 Å². The number of nitrogens with one attached hydrogen (secondary N) is 1. The Bertz CT molecular complexity index is 421. The van der Waals surface area contributed by atoms with Gasteiger partial charge in [-0.05, 0) is 31.0 Å². The molecule has 1 aromatic carbocycles. The van der Waals surface area contributed by atoms with Gasteiger partial charge in [0.1, 0.15) is 0 Å². The first-order valence-corrected chi connectivity index (χ1v) is 6.63. The van der Waals surface area contributed by atoms with E-state index >= 15 is 0 Å². The van der Waals surface area contributed by atoms with Crippen molar-refractivity contribution in [1.82, 2.24) is 5.32 Å². The average Bonchev–Trinajstić information content (AvgIpc) is 2.37. The van der Waals surface area contributed by atoms with Crippen molar-refractivity contribution in [2.45, 2.75) is 33.2 Å². The van der Waals surface area contributed by atoms with E-state index in [0.717, 1.165) is 18.4 Å². The third-order valence-corrected chi connectivity index (χ3v) is 2.91. The second-order valence-corrected chi connectivity index (χ2v) is 4.79. The topological polar surface area (TPSA) is 64.4 Å². The minimum absolute atomic E-state index is 0.0311. The molecule has 1 atom stereocenters. The zero-order valence-electron chi connectivity index (χ0n) is 11.8. The summed E-state index contributed by atoms with van der Waals surface area (Å²) in [5.41, 5.74) is 1.01. The van der Waals surface area contributed by atoms with Crippen molar-refractivity contribution in [3.63, 3.8) is 0 Å². The molecule has 0 spiro atoms. The van der Waals surface area contributed by atoms with Gasteiger partial charge in [0, 0.05) is 12.6 Å². The molecule has 0 radical (unpaired) electrons. The molecule has 1 N–H and O–H groups in total. The van der Waals surface area contributed by atoms with Crippen molar-refractivity contribution < 1.29 is 9.66 Å². The maximum absolute atomic E-state index is 11.0. The van der Waals surface area contributed by atoms with Crippen LogP contribution < -0.4 is 10.1 Å². The molecule has 5 heteroatoms. The van der Waals surface area contributed by atoms with Gasteiger partial charge in [0.15, 0.2) is 5.75 Å². The van der Waals surface area contributed by atoms with Gasteiger partial charge in [0.2, 0.25) is 0 Å². The Kier molecular flexibility index (Phi) is 6.29. The highest BCUT2D eigenvalue weighted by Gasteiger charge is 2.16. The van der Waals surface area contributed by atoms with E-state index in [1.807, 2.05) is 7.05 Å². The van der Waals surface area contributed by atoms with E-state index < -0.39 is 4.92 Å². The second-order valence-electron chi connectivity index (χ2n) is 4.79. The molecular formula is C14H22N2O3. The fourth-order valence-electron chi connectivity index (χ4n) is 1.95. The summed E-state index contributed by atoms with van der Waals surface area (Å²) in [7, 11) is 1.84. The molecule has 0 aromatic heterocycles. The lowest BCUT2D eigenvalue weighted by Crippen LogP contribution is -2.10. The third kappa shape index (κ3) is 4.87. The van der Waals surface area contributed by atoms with Gasteiger partial charge in [-0.25, -0.2) is 0 Å². The fraction of sp³-hybridized carbons (Fsp3) is 0.571. The zero-order valence-corrected chi connectivity index (χ0v) is 11.8. The van der Waals surface area contributed by atoms with Crippen LogP contribution in [0.5, 0.6) is 5.75 Å². The molecule has 0 aliphatic carbocycles. The van der Waals surface area contributed by atoms with Gasteiger partial charge in [-0.3, -0.25) is 10.1 Å². The summed E-state index contributed by atoms with van der Waals surface area (Å²) < 4.78 is 5.63. The molecule has 106 valence electrons. The van der Waals surface area contributed by atoms with Crippen LogP contribution in [0.3, 0.4) is 0 Å². The van der Waals surface area contributed by atoms with E-state index in [-0.39, 0.29) is 5.69 Å². The maximum Gasteiger partial charge on any atom is 0.310 e. The first-order chi connectivity index (χ1) is 9.08. The van der Waals surface area contributed by atoms with Crippen molar-refractivity contribution in [2.24, 2.45) is 5.92 Å². The van der Waals surface area contributed by atoms with Gasteiger partial charge < -0.3 is 10.1 Å². The number of nitrogens with zero attached hydrogens (tertiary/aromatic N) is 1. The van der Waals surface area contributed by atoms with E-state index in [9.17, 15) is 10.1 Å². The first-order valence-electron chi connectivity index (χ1n) is 6.63. The summed E-state index contributed by atoms with van der Waals surface area (Å²) in [4.78, 5) is 10.6. The van der Waals surface area contributed by atoms with Crippen molar-refractivity contribution in [1.29, 1.82) is 0 Å². The molecule has 19 heavy (non-hydrogen) atoms. The predicted molar refractivity (Wildman–Crippen MR) is 75.4 cm³/mol. The third-order valence-electron chi connectivity index (χ3n) is 2.91. The van der Waals surface area contributed by atoms with Crippen LogP contribution in [0.25, 0.3) is 0 Å². The summed E-state index contributed by atoms with van der Waals surface area (Å²) in [5, 5.41) is 14.0. The van der Waals surface area contributed by atoms with Crippen LogP contribution in [0.2, 0.25) is 0 Å². The summed E-state index contributed by atoms with van der Waals surface area (Å²) in [5.74, 6) is 0.762. The molecule has 1 aromatic rings. The molecule has 0 bridgehead atoms. The van der Waals surface area contributed by atoms with Gasteiger partial charge in [-0.1, -0.05) is 26.3 Å². The Hall–Kier alpha value is -1.62.